The van der Waals surface area contributed by atoms with Crippen LogP contribution in [0.4, 0.5) is 0 Å². The van der Waals surface area contributed by atoms with Crippen molar-refractivity contribution in [2.45, 2.75) is 58.7 Å². The fourth-order valence-electron chi connectivity index (χ4n) is 2.46. The second kappa shape index (κ2) is 4.52. The van der Waals surface area contributed by atoms with Gasteiger partial charge < -0.3 is 9.84 Å². The first-order chi connectivity index (χ1) is 6.82. The topological polar surface area (TPSA) is 46.5 Å². The van der Waals surface area contributed by atoms with Crippen molar-refractivity contribution < 1.29 is 14.6 Å². The zero-order valence-corrected chi connectivity index (χ0v) is 10.1. The standard InChI is InChI=1S/C12H22O3/c1-8(2)10-5-6-12(4,14)7-11(10)15-9(3)13/h8,10-11,14H,5-7H2,1-4H3/t10-,11+,12-/m1/s1. The maximum absolute atomic E-state index is 11.0. The van der Waals surface area contributed by atoms with Crippen molar-refractivity contribution >= 4 is 5.97 Å². The van der Waals surface area contributed by atoms with Crippen molar-refractivity contribution in [3.8, 4) is 0 Å². The molecule has 0 heterocycles. The van der Waals surface area contributed by atoms with Crippen LogP contribution in [-0.4, -0.2) is 22.8 Å². The number of hydrogen-bond acceptors (Lipinski definition) is 3. The second-order valence-electron chi connectivity index (χ2n) is 5.30. The van der Waals surface area contributed by atoms with Crippen molar-refractivity contribution in [3.05, 3.63) is 0 Å². The molecule has 0 spiro atoms. The van der Waals surface area contributed by atoms with E-state index < -0.39 is 5.60 Å². The van der Waals surface area contributed by atoms with Gasteiger partial charge in [-0.2, -0.15) is 0 Å². The molecule has 0 aromatic rings. The molecule has 1 saturated carbocycles. The molecule has 3 atom stereocenters. The lowest BCUT2D eigenvalue weighted by molar-refractivity contribution is -0.159. The van der Waals surface area contributed by atoms with Gasteiger partial charge >= 0.3 is 5.97 Å². The van der Waals surface area contributed by atoms with Crippen molar-refractivity contribution in [1.29, 1.82) is 0 Å². The van der Waals surface area contributed by atoms with E-state index in [-0.39, 0.29) is 12.1 Å². The quantitative estimate of drug-likeness (QED) is 0.716. The maximum atomic E-state index is 11.0. The monoisotopic (exact) mass is 214 g/mol. The summed E-state index contributed by atoms with van der Waals surface area (Å²) in [5, 5.41) is 9.97. The zero-order valence-electron chi connectivity index (χ0n) is 10.1. The van der Waals surface area contributed by atoms with Crippen molar-refractivity contribution in [2.75, 3.05) is 0 Å². The molecule has 0 unspecified atom stereocenters. The van der Waals surface area contributed by atoms with Gasteiger partial charge in [-0.05, 0) is 31.6 Å². The van der Waals surface area contributed by atoms with E-state index >= 15 is 0 Å². The Kier molecular flexibility index (Phi) is 3.77. The lowest BCUT2D eigenvalue weighted by Gasteiger charge is -2.40. The van der Waals surface area contributed by atoms with E-state index in [0.717, 1.165) is 12.8 Å². The Morgan fingerprint density at radius 3 is 2.60 bits per heavy atom. The van der Waals surface area contributed by atoms with Crippen molar-refractivity contribution in [2.24, 2.45) is 11.8 Å². The highest BCUT2D eigenvalue weighted by molar-refractivity contribution is 5.66. The molecule has 0 radical (unpaired) electrons. The Balaban J connectivity index is 2.69. The largest absolute Gasteiger partial charge is 0.462 e. The molecule has 0 aliphatic heterocycles. The van der Waals surface area contributed by atoms with E-state index in [4.69, 9.17) is 4.74 Å². The third-order valence-electron chi connectivity index (χ3n) is 3.31. The summed E-state index contributed by atoms with van der Waals surface area (Å²) in [6, 6.07) is 0. The molecule has 0 bridgehead atoms. The summed E-state index contributed by atoms with van der Waals surface area (Å²) in [6.45, 7) is 7.53. The molecule has 88 valence electrons. The number of hydrogen-bond donors (Lipinski definition) is 1. The number of carbonyl (C=O) groups excluding carboxylic acids is 1. The highest BCUT2D eigenvalue weighted by Gasteiger charge is 2.39. The van der Waals surface area contributed by atoms with Crippen LogP contribution in [0.5, 0.6) is 0 Å². The average Bonchev–Trinajstić information content (AvgIpc) is 1.99. The maximum Gasteiger partial charge on any atom is 0.302 e. The molecule has 0 amide bonds. The summed E-state index contributed by atoms with van der Waals surface area (Å²) < 4.78 is 5.30. The lowest BCUT2D eigenvalue weighted by atomic mass is 9.73. The van der Waals surface area contributed by atoms with Gasteiger partial charge in [-0.15, -0.1) is 0 Å². The van der Waals surface area contributed by atoms with Crippen molar-refractivity contribution in [1.82, 2.24) is 0 Å². The predicted molar refractivity (Wildman–Crippen MR) is 58.4 cm³/mol. The highest BCUT2D eigenvalue weighted by atomic mass is 16.5. The molecule has 1 rings (SSSR count). The normalized spacial score (nSPS) is 36.7. The Bertz CT molecular complexity index is 233. The van der Waals surface area contributed by atoms with Gasteiger partial charge in [0.25, 0.3) is 0 Å². The molecule has 1 aliphatic carbocycles. The van der Waals surface area contributed by atoms with E-state index in [0.29, 0.717) is 18.3 Å². The molecule has 3 nitrogen and oxygen atoms in total. The number of ether oxygens (including phenoxy) is 1. The Hall–Kier alpha value is -0.570. The minimum atomic E-state index is -0.675. The zero-order chi connectivity index (χ0) is 11.6. The predicted octanol–water partition coefficient (Wildman–Crippen LogP) is 2.13. The molecule has 1 fully saturated rings. The third kappa shape index (κ3) is 3.49. The second-order valence-corrected chi connectivity index (χ2v) is 5.30. The van der Waals surface area contributed by atoms with Crippen LogP contribution >= 0.6 is 0 Å². The Morgan fingerprint density at radius 1 is 1.53 bits per heavy atom. The molecule has 1 aliphatic rings. The first-order valence-electron chi connectivity index (χ1n) is 5.71. The van der Waals surface area contributed by atoms with Crippen LogP contribution in [-0.2, 0) is 9.53 Å². The van der Waals surface area contributed by atoms with Crippen LogP contribution in [0.1, 0.15) is 47.0 Å². The van der Waals surface area contributed by atoms with Crippen LogP contribution in [0.25, 0.3) is 0 Å². The average molecular weight is 214 g/mol. The minimum Gasteiger partial charge on any atom is -0.462 e. The number of aliphatic hydroxyl groups is 1. The van der Waals surface area contributed by atoms with Crippen LogP contribution in [0, 0.1) is 11.8 Å². The Morgan fingerprint density at radius 2 is 2.13 bits per heavy atom. The summed E-state index contributed by atoms with van der Waals surface area (Å²) >= 11 is 0. The fraction of sp³-hybridized carbons (Fsp3) is 0.917. The molecular weight excluding hydrogens is 192 g/mol. The molecule has 1 N–H and O–H groups in total. The van der Waals surface area contributed by atoms with Gasteiger partial charge in [0.1, 0.15) is 6.10 Å². The SMILES string of the molecule is CC(=O)O[C@H]1C[C@](C)(O)CC[C@@H]1C(C)C. The van der Waals surface area contributed by atoms with E-state index in [1.807, 2.05) is 6.92 Å². The molecule has 15 heavy (non-hydrogen) atoms. The number of carbonyl (C=O) groups is 1. The molecule has 0 aromatic heterocycles. The summed E-state index contributed by atoms with van der Waals surface area (Å²) in [7, 11) is 0. The third-order valence-corrected chi connectivity index (χ3v) is 3.31. The van der Waals surface area contributed by atoms with Crippen LogP contribution in [0.2, 0.25) is 0 Å². The summed E-state index contributed by atoms with van der Waals surface area (Å²) in [4.78, 5) is 11.0. The van der Waals surface area contributed by atoms with E-state index in [1.54, 1.807) is 0 Å². The van der Waals surface area contributed by atoms with Gasteiger partial charge in [0.05, 0.1) is 5.60 Å². The Labute approximate surface area is 91.8 Å². The van der Waals surface area contributed by atoms with Crippen molar-refractivity contribution in [3.63, 3.8) is 0 Å². The number of rotatable bonds is 2. The first-order valence-corrected chi connectivity index (χ1v) is 5.71. The molecule has 3 heteroatoms. The smallest absolute Gasteiger partial charge is 0.302 e. The van der Waals surface area contributed by atoms with Gasteiger partial charge in [-0.3, -0.25) is 4.79 Å². The van der Waals surface area contributed by atoms with E-state index in [2.05, 4.69) is 13.8 Å². The summed E-state index contributed by atoms with van der Waals surface area (Å²) in [5.74, 6) is 0.628. The summed E-state index contributed by atoms with van der Waals surface area (Å²) in [5.41, 5.74) is -0.675. The van der Waals surface area contributed by atoms with Gasteiger partial charge in [-0.25, -0.2) is 0 Å². The van der Waals surface area contributed by atoms with Gasteiger partial charge in [-0.1, -0.05) is 13.8 Å². The highest BCUT2D eigenvalue weighted by Crippen LogP contribution is 2.37. The van der Waals surface area contributed by atoms with Crippen LogP contribution in [0.15, 0.2) is 0 Å². The fourth-order valence-corrected chi connectivity index (χ4v) is 2.46. The van der Waals surface area contributed by atoms with Gasteiger partial charge in [0, 0.05) is 13.3 Å². The van der Waals surface area contributed by atoms with E-state index in [9.17, 15) is 9.90 Å². The minimum absolute atomic E-state index is 0.119. The molecule has 0 aromatic carbocycles. The van der Waals surface area contributed by atoms with Gasteiger partial charge in [0.2, 0.25) is 0 Å². The lowest BCUT2D eigenvalue weighted by Crippen LogP contribution is -2.43. The number of esters is 1. The summed E-state index contributed by atoms with van der Waals surface area (Å²) in [6.07, 6.45) is 2.18. The first kappa shape index (κ1) is 12.5. The van der Waals surface area contributed by atoms with E-state index in [1.165, 1.54) is 6.92 Å². The van der Waals surface area contributed by atoms with Crippen LogP contribution < -0.4 is 0 Å². The molecular formula is C12H22O3. The molecule has 0 saturated heterocycles. The van der Waals surface area contributed by atoms with Gasteiger partial charge in [0.15, 0.2) is 0 Å². The van der Waals surface area contributed by atoms with Crippen LogP contribution in [0.3, 0.4) is 0 Å².